The molecule has 0 radical (unpaired) electrons. The summed E-state index contributed by atoms with van der Waals surface area (Å²) in [6.45, 7) is 1.29. The van der Waals surface area contributed by atoms with Gasteiger partial charge in [0.1, 0.15) is 0 Å². The molecule has 0 amide bonds. The minimum absolute atomic E-state index is 0.570. The van der Waals surface area contributed by atoms with Crippen molar-refractivity contribution in [3.8, 4) is 0 Å². The molecule has 0 aliphatic heterocycles. The first kappa shape index (κ1) is 18.1. The van der Waals surface area contributed by atoms with Gasteiger partial charge in [0.2, 0.25) is 0 Å². The van der Waals surface area contributed by atoms with Gasteiger partial charge >= 0.3 is 14.4 Å². The second-order valence-electron chi connectivity index (χ2n) is 3.05. The van der Waals surface area contributed by atoms with E-state index in [0.29, 0.717) is 20.1 Å². The summed E-state index contributed by atoms with van der Waals surface area (Å²) in [6, 6.07) is 0. The van der Waals surface area contributed by atoms with Gasteiger partial charge in [0, 0.05) is 4.57 Å². The van der Waals surface area contributed by atoms with E-state index >= 15 is 0 Å². The lowest BCUT2D eigenvalue weighted by molar-refractivity contribution is -0.233. The largest absolute Gasteiger partial charge is 0.692 e. The second kappa shape index (κ2) is 5.87. The first-order valence-electron chi connectivity index (χ1n) is 3.51. The molecule has 0 aromatic carbocycles. The topological polar surface area (TPSA) is 101 Å². The summed E-state index contributed by atoms with van der Waals surface area (Å²) in [7, 11) is -6.96. The van der Waals surface area contributed by atoms with Gasteiger partial charge in [-0.15, -0.1) is 9.79 Å². The summed E-state index contributed by atoms with van der Waals surface area (Å²) >= 11 is 0. The average molecular weight is 287 g/mol. The smallest absolute Gasteiger partial charge is 0.255 e. The Morgan fingerprint density at radius 1 is 1.19 bits per heavy atom. The third-order valence-electron chi connectivity index (χ3n) is 1.04. The maximum absolute atomic E-state index is 12.0. The van der Waals surface area contributed by atoms with E-state index in [0.717, 1.165) is 0 Å². The van der Waals surface area contributed by atoms with Gasteiger partial charge in [0.05, 0.1) is 6.26 Å². The maximum Gasteiger partial charge on any atom is 0.692 e. The molecule has 16 heavy (non-hydrogen) atoms. The highest BCUT2D eigenvalue weighted by Crippen LogP contribution is 2.33. The van der Waals surface area contributed by atoms with Crippen molar-refractivity contribution in [2.45, 2.75) is 25.6 Å². The normalized spacial score (nSPS) is 12.8. The highest BCUT2D eigenvalue weighted by molar-refractivity contribution is 7.86. The Hall–Kier alpha value is -0.280. The van der Waals surface area contributed by atoms with Crippen LogP contribution >= 0.6 is 8.25 Å². The number of halogens is 3. The fourth-order valence-corrected chi connectivity index (χ4v) is 1.28. The maximum atomic E-state index is 12.0. The molecule has 0 saturated carbocycles. The molecule has 0 saturated heterocycles. The standard InChI is InChI=1S/C5H9F3O3S.HO3P/c1-4(2,5(6,7)8)11-12(3,9)10;1-4(2)3/h1-3H3;(H-,1,2,3)/p+1. The van der Waals surface area contributed by atoms with Crippen molar-refractivity contribution in [3.05, 3.63) is 0 Å². The van der Waals surface area contributed by atoms with Crippen LogP contribution in [0.2, 0.25) is 0 Å². The van der Waals surface area contributed by atoms with Gasteiger partial charge < -0.3 is 0 Å². The van der Waals surface area contributed by atoms with E-state index in [1.165, 1.54) is 0 Å². The highest BCUT2D eigenvalue weighted by atomic mass is 32.2. The molecule has 0 rings (SSSR count). The molecular weight excluding hydrogens is 276 g/mol. The molecule has 0 spiro atoms. The van der Waals surface area contributed by atoms with Crippen LogP contribution in [0.1, 0.15) is 13.8 Å². The fraction of sp³-hybridized carbons (Fsp3) is 1.00. The van der Waals surface area contributed by atoms with Gasteiger partial charge in [-0.25, -0.2) is 0 Å². The highest BCUT2D eigenvalue weighted by Gasteiger charge is 2.50. The number of alkyl halides is 3. The lowest BCUT2D eigenvalue weighted by Crippen LogP contribution is -2.43. The van der Waals surface area contributed by atoms with Crippen LogP contribution in [0.4, 0.5) is 13.2 Å². The SMILES string of the molecule is CC(C)(OS(C)(=O)=O)C(F)(F)F.O=[P+](O)O. The summed E-state index contributed by atoms with van der Waals surface area (Å²) in [5, 5.41) is 0. The van der Waals surface area contributed by atoms with Gasteiger partial charge in [-0.2, -0.15) is 21.6 Å². The molecule has 6 nitrogen and oxygen atoms in total. The minimum atomic E-state index is -4.70. The molecule has 0 atom stereocenters. The van der Waals surface area contributed by atoms with E-state index in [1.807, 2.05) is 0 Å². The van der Waals surface area contributed by atoms with E-state index < -0.39 is 30.2 Å². The lowest BCUT2D eigenvalue weighted by Gasteiger charge is -2.25. The summed E-state index contributed by atoms with van der Waals surface area (Å²) in [6.07, 6.45) is -4.13. The van der Waals surface area contributed by atoms with Gasteiger partial charge in [0.25, 0.3) is 10.1 Å². The molecule has 0 heterocycles. The van der Waals surface area contributed by atoms with E-state index in [4.69, 9.17) is 14.4 Å². The Balaban J connectivity index is 0. The molecule has 11 heteroatoms. The van der Waals surface area contributed by atoms with Crippen LogP contribution in [-0.4, -0.2) is 36.2 Å². The first-order chi connectivity index (χ1) is 6.69. The monoisotopic (exact) mass is 287 g/mol. The number of hydrogen-bond donors (Lipinski definition) is 2. The van der Waals surface area contributed by atoms with E-state index in [2.05, 4.69) is 4.18 Å². The third-order valence-corrected chi connectivity index (χ3v) is 1.76. The van der Waals surface area contributed by atoms with Crippen molar-refractivity contribution in [1.82, 2.24) is 0 Å². The molecular formula is C5H11F3O6PS+. The van der Waals surface area contributed by atoms with Gasteiger partial charge in [-0.1, -0.05) is 0 Å². The van der Waals surface area contributed by atoms with Gasteiger partial charge in [0.15, 0.2) is 5.60 Å². The second-order valence-corrected chi connectivity index (χ2v) is 5.13. The lowest BCUT2D eigenvalue weighted by atomic mass is 10.1. The fourth-order valence-electron chi connectivity index (χ4n) is 0.426. The van der Waals surface area contributed by atoms with E-state index in [9.17, 15) is 21.6 Å². The van der Waals surface area contributed by atoms with Crippen LogP contribution in [0, 0.1) is 0 Å². The zero-order valence-corrected chi connectivity index (χ0v) is 10.2. The summed E-state index contributed by atoms with van der Waals surface area (Å²) in [4.78, 5) is 14.2. The van der Waals surface area contributed by atoms with Crippen LogP contribution in [0.25, 0.3) is 0 Å². The van der Waals surface area contributed by atoms with E-state index in [-0.39, 0.29) is 0 Å². The van der Waals surface area contributed by atoms with Crippen molar-refractivity contribution in [1.29, 1.82) is 0 Å². The van der Waals surface area contributed by atoms with Crippen molar-refractivity contribution in [2.75, 3.05) is 6.26 Å². The molecule has 0 aliphatic carbocycles. The van der Waals surface area contributed by atoms with Crippen LogP contribution in [0.15, 0.2) is 0 Å². The Labute approximate surface area is 91.1 Å². The van der Waals surface area contributed by atoms with Crippen LogP contribution < -0.4 is 0 Å². The van der Waals surface area contributed by atoms with Crippen LogP contribution in [0.5, 0.6) is 0 Å². The van der Waals surface area contributed by atoms with Crippen molar-refractivity contribution >= 4 is 18.4 Å². The molecule has 2 N–H and O–H groups in total. The van der Waals surface area contributed by atoms with Gasteiger partial charge in [-0.05, 0) is 13.8 Å². The van der Waals surface area contributed by atoms with Gasteiger partial charge in [-0.3, -0.25) is 4.18 Å². The van der Waals surface area contributed by atoms with E-state index in [1.54, 1.807) is 0 Å². The Bertz CT molecular complexity index is 331. The van der Waals surface area contributed by atoms with Crippen molar-refractivity contribution < 1.29 is 40.1 Å². The molecule has 0 fully saturated rings. The molecule has 0 unspecified atom stereocenters. The molecule has 0 bridgehead atoms. The molecule has 0 aliphatic rings. The summed E-state index contributed by atoms with van der Waals surface area (Å²) in [5.74, 6) is 0. The number of hydrogen-bond acceptors (Lipinski definition) is 4. The quantitative estimate of drug-likeness (QED) is 0.579. The van der Waals surface area contributed by atoms with Crippen molar-refractivity contribution in [3.63, 3.8) is 0 Å². The van der Waals surface area contributed by atoms with Crippen LogP contribution in [-0.2, 0) is 18.9 Å². The predicted octanol–water partition coefficient (Wildman–Crippen LogP) is 0.932. The average Bonchev–Trinajstić information content (AvgIpc) is 1.74. The van der Waals surface area contributed by atoms with Crippen LogP contribution in [0.3, 0.4) is 0 Å². The third kappa shape index (κ3) is 10.2. The predicted molar refractivity (Wildman–Crippen MR) is 48.1 cm³/mol. The summed E-state index contributed by atoms with van der Waals surface area (Å²) in [5.41, 5.74) is -2.67. The molecule has 0 aromatic heterocycles. The summed E-state index contributed by atoms with van der Waals surface area (Å²) < 4.78 is 69.2. The van der Waals surface area contributed by atoms with Crippen molar-refractivity contribution in [2.24, 2.45) is 0 Å². The minimum Gasteiger partial charge on any atom is -0.255 e. The zero-order chi connectivity index (χ0) is 13.8. The Morgan fingerprint density at radius 3 is 1.50 bits per heavy atom. The molecule has 0 aromatic rings. The Morgan fingerprint density at radius 2 is 1.44 bits per heavy atom. The molecule has 98 valence electrons. The number of rotatable bonds is 2. The Kier molecular flexibility index (Phi) is 6.64. The first-order valence-corrected chi connectivity index (χ1v) is 6.49. The zero-order valence-electron chi connectivity index (χ0n) is 8.52.